The fraction of sp³-hybridized carbons (Fsp3) is 0.333. The summed E-state index contributed by atoms with van der Waals surface area (Å²) in [5.41, 5.74) is 3.21. The lowest BCUT2D eigenvalue weighted by Crippen LogP contribution is -2.28. The molecule has 0 fully saturated rings. The second kappa shape index (κ2) is 8.02. The third-order valence-electron chi connectivity index (χ3n) is 4.04. The molecule has 0 atom stereocenters. The maximum absolute atomic E-state index is 4.32. The number of imidazole rings is 1. The third kappa shape index (κ3) is 4.51. The Morgan fingerprint density at radius 3 is 2.84 bits per heavy atom. The predicted octanol–water partition coefficient (Wildman–Crippen LogP) is 4.02. The van der Waals surface area contributed by atoms with Crippen molar-refractivity contribution in [3.63, 3.8) is 0 Å². The van der Waals surface area contributed by atoms with E-state index < -0.39 is 0 Å². The molecule has 3 rings (SSSR count). The Labute approximate surface area is 152 Å². The topological polar surface area (TPSA) is 49.7 Å². The average molecular weight is 355 g/mol. The molecule has 0 radical (unpaired) electrons. The minimum absolute atomic E-state index is 0.679. The Hall–Kier alpha value is -2.54. The molecule has 0 N–H and O–H groups in total. The number of aryl methyl sites for hydroxylation is 2. The van der Waals surface area contributed by atoms with E-state index >= 15 is 0 Å². The van der Waals surface area contributed by atoms with Crippen molar-refractivity contribution in [3.8, 4) is 0 Å². The number of anilines is 1. The molecule has 0 aliphatic rings. The molecule has 1 aromatic carbocycles. The molecule has 0 bridgehead atoms. The van der Waals surface area contributed by atoms with Gasteiger partial charge < -0.3 is 4.90 Å². The summed E-state index contributed by atoms with van der Waals surface area (Å²) in [6.07, 6.45) is 7.99. The van der Waals surface area contributed by atoms with E-state index in [-0.39, 0.29) is 0 Å². The molecule has 2 heterocycles. The van der Waals surface area contributed by atoms with Crippen LogP contribution in [0.15, 0.2) is 58.7 Å². The van der Waals surface area contributed by atoms with Crippen LogP contribution in [0, 0.1) is 6.92 Å². The quantitative estimate of drug-likeness (QED) is 0.475. The minimum atomic E-state index is 0.679. The first kappa shape index (κ1) is 17.3. The number of aromatic nitrogens is 3. The van der Waals surface area contributed by atoms with Crippen LogP contribution in [0.25, 0.3) is 0 Å². The Morgan fingerprint density at radius 2 is 2.20 bits per heavy atom. The summed E-state index contributed by atoms with van der Waals surface area (Å²) in [5, 5.41) is 11.1. The van der Waals surface area contributed by atoms with Crippen LogP contribution < -0.4 is 9.47 Å². The van der Waals surface area contributed by atoms with Gasteiger partial charge in [0, 0.05) is 23.8 Å². The fourth-order valence-electron chi connectivity index (χ4n) is 2.65. The number of nitrogens with zero attached hydrogens (tertiary/aromatic N) is 6. The Balaban J connectivity index is 1.69. The van der Waals surface area contributed by atoms with Gasteiger partial charge in [0.1, 0.15) is 18.9 Å². The van der Waals surface area contributed by atoms with E-state index in [1.165, 1.54) is 17.0 Å². The second-order valence-corrected chi connectivity index (χ2v) is 6.76. The summed E-state index contributed by atoms with van der Waals surface area (Å²) in [5.74, 6) is 0. The van der Waals surface area contributed by atoms with E-state index in [1.807, 2.05) is 18.5 Å². The normalized spacial score (nSPS) is 11.3. The van der Waals surface area contributed by atoms with Crippen LogP contribution in [0.1, 0.15) is 12.5 Å². The highest BCUT2D eigenvalue weighted by atomic mass is 32.1. The van der Waals surface area contributed by atoms with Gasteiger partial charge in [-0.05, 0) is 37.6 Å². The van der Waals surface area contributed by atoms with Gasteiger partial charge in [0.05, 0.1) is 19.3 Å². The predicted molar refractivity (Wildman–Crippen MR) is 101 cm³/mol. The van der Waals surface area contributed by atoms with Crippen LogP contribution in [-0.4, -0.2) is 22.6 Å². The minimum Gasteiger partial charge on any atom is -0.368 e. The SMILES string of the molecule is CCN(CCn1cc[n+](C)c1)c1ccc(/N=N/c2nccs2)c(C)c1. The van der Waals surface area contributed by atoms with E-state index in [2.05, 4.69) is 73.9 Å². The van der Waals surface area contributed by atoms with E-state index in [1.54, 1.807) is 6.20 Å². The van der Waals surface area contributed by atoms with Gasteiger partial charge in [-0.2, -0.15) is 0 Å². The molecule has 130 valence electrons. The average Bonchev–Trinajstić information content (AvgIpc) is 3.26. The first-order valence-corrected chi connectivity index (χ1v) is 9.21. The molecular formula is C18H23N6S+. The number of azo groups is 1. The highest BCUT2D eigenvalue weighted by Crippen LogP contribution is 2.27. The number of rotatable bonds is 7. The zero-order chi connectivity index (χ0) is 17.6. The molecule has 0 saturated carbocycles. The second-order valence-electron chi connectivity index (χ2n) is 5.88. The molecule has 0 amide bonds. The molecule has 25 heavy (non-hydrogen) atoms. The molecule has 0 spiro atoms. The van der Waals surface area contributed by atoms with Crippen LogP contribution in [0.3, 0.4) is 0 Å². The summed E-state index contributed by atoms with van der Waals surface area (Å²) in [6, 6.07) is 6.32. The Kier molecular flexibility index (Phi) is 5.55. The van der Waals surface area contributed by atoms with Crippen LogP contribution in [-0.2, 0) is 13.6 Å². The number of hydrogen-bond acceptors (Lipinski definition) is 5. The van der Waals surface area contributed by atoms with E-state index in [0.717, 1.165) is 30.9 Å². The first-order valence-electron chi connectivity index (χ1n) is 8.33. The summed E-state index contributed by atoms with van der Waals surface area (Å²) >= 11 is 1.48. The highest BCUT2D eigenvalue weighted by molar-refractivity contribution is 7.13. The first-order chi connectivity index (χ1) is 12.2. The largest absolute Gasteiger partial charge is 0.368 e. The van der Waals surface area contributed by atoms with Gasteiger partial charge in [-0.3, -0.25) is 0 Å². The van der Waals surface area contributed by atoms with Gasteiger partial charge in [-0.15, -0.1) is 21.6 Å². The zero-order valence-electron chi connectivity index (χ0n) is 14.8. The van der Waals surface area contributed by atoms with Crippen molar-refractivity contribution in [2.24, 2.45) is 17.3 Å². The van der Waals surface area contributed by atoms with Gasteiger partial charge in [-0.1, -0.05) is 0 Å². The van der Waals surface area contributed by atoms with Crippen molar-refractivity contribution >= 4 is 27.8 Å². The van der Waals surface area contributed by atoms with Gasteiger partial charge in [0.25, 0.3) is 0 Å². The van der Waals surface area contributed by atoms with Gasteiger partial charge in [0.2, 0.25) is 11.5 Å². The van der Waals surface area contributed by atoms with Gasteiger partial charge in [-0.25, -0.2) is 14.1 Å². The molecule has 7 heteroatoms. The molecule has 2 aromatic heterocycles. The number of benzene rings is 1. The van der Waals surface area contributed by atoms with Crippen molar-refractivity contribution in [1.82, 2.24) is 9.55 Å². The summed E-state index contributed by atoms with van der Waals surface area (Å²) < 4.78 is 4.26. The monoisotopic (exact) mass is 355 g/mol. The standard InChI is InChI=1S/C18H23N6S/c1-4-24(11-10-23-9-8-22(3)14-23)16-5-6-17(15(2)13-16)20-21-18-19-7-12-25-18/h5-9,12-14H,4,10-11H2,1-3H3/q+1/b21-20+. The third-order valence-corrected chi connectivity index (χ3v) is 4.70. The molecule has 0 saturated heterocycles. The van der Waals surface area contributed by atoms with Crippen molar-refractivity contribution in [1.29, 1.82) is 0 Å². The lowest BCUT2D eigenvalue weighted by molar-refractivity contribution is -0.671. The maximum Gasteiger partial charge on any atom is 0.243 e. The van der Waals surface area contributed by atoms with Crippen molar-refractivity contribution in [2.75, 3.05) is 18.0 Å². The summed E-state index contributed by atoms with van der Waals surface area (Å²) in [4.78, 5) is 6.49. The molecule has 0 aliphatic heterocycles. The smallest absolute Gasteiger partial charge is 0.243 e. The summed E-state index contributed by atoms with van der Waals surface area (Å²) in [7, 11) is 2.04. The molecule has 0 aliphatic carbocycles. The lowest BCUT2D eigenvalue weighted by atomic mass is 10.1. The Bertz CT molecular complexity index is 837. The van der Waals surface area contributed by atoms with E-state index in [4.69, 9.17) is 0 Å². The number of hydrogen-bond donors (Lipinski definition) is 0. The number of likely N-dealkylation sites (N-methyl/N-ethyl adjacent to an activating group) is 1. The Morgan fingerprint density at radius 1 is 1.32 bits per heavy atom. The van der Waals surface area contributed by atoms with Crippen LogP contribution in [0.2, 0.25) is 0 Å². The molecule has 3 aromatic rings. The zero-order valence-corrected chi connectivity index (χ0v) is 15.6. The summed E-state index contributed by atoms with van der Waals surface area (Å²) in [6.45, 7) is 7.14. The van der Waals surface area contributed by atoms with Crippen molar-refractivity contribution < 1.29 is 4.57 Å². The molecule has 6 nitrogen and oxygen atoms in total. The maximum atomic E-state index is 4.32. The highest BCUT2D eigenvalue weighted by Gasteiger charge is 2.09. The van der Waals surface area contributed by atoms with Crippen LogP contribution in [0.4, 0.5) is 16.5 Å². The van der Waals surface area contributed by atoms with Gasteiger partial charge in [0.15, 0.2) is 0 Å². The van der Waals surface area contributed by atoms with Crippen LogP contribution in [0.5, 0.6) is 0 Å². The fourth-order valence-corrected chi connectivity index (χ4v) is 3.10. The van der Waals surface area contributed by atoms with Crippen molar-refractivity contribution in [2.45, 2.75) is 20.4 Å². The van der Waals surface area contributed by atoms with Crippen molar-refractivity contribution in [3.05, 3.63) is 54.1 Å². The van der Waals surface area contributed by atoms with Crippen LogP contribution >= 0.6 is 11.3 Å². The van der Waals surface area contributed by atoms with E-state index in [9.17, 15) is 0 Å². The lowest BCUT2D eigenvalue weighted by Gasteiger charge is -2.22. The number of thiazole rings is 1. The molecular weight excluding hydrogens is 332 g/mol. The van der Waals surface area contributed by atoms with Gasteiger partial charge >= 0.3 is 0 Å². The molecule has 0 unspecified atom stereocenters. The van der Waals surface area contributed by atoms with E-state index in [0.29, 0.717) is 5.13 Å².